The Balaban J connectivity index is 1.70. The van der Waals surface area contributed by atoms with Crippen LogP contribution in [0.15, 0.2) is 23.8 Å². The molecule has 6 heteroatoms. The number of Topliss-reactive ketones (excluding diaryl/α,β-unsaturated/α-hetero) is 1. The number of hydrogen-bond donors (Lipinski definition) is 2. The van der Waals surface area contributed by atoms with Crippen molar-refractivity contribution in [1.82, 2.24) is 0 Å². The Morgan fingerprint density at radius 2 is 2.00 bits per heavy atom. The standard InChI is InChI=1S/C24H32O6/c1-13-9-16-17-6-8-24(29,20(28)12-30-14(2)25)23(17,4)11-19(27)21(16)22(3)7-5-15(26)10-18(13)22/h5,7,10,13,16-17,19,21,27,29H,6,8-9,11-12H2,1-4H3/t13-,16?,17?,19-,21+,22?,23?,24?/m0/s1. The lowest BCUT2D eigenvalue weighted by atomic mass is 9.45. The van der Waals surface area contributed by atoms with Crippen molar-refractivity contribution in [3.63, 3.8) is 0 Å². The summed E-state index contributed by atoms with van der Waals surface area (Å²) in [6.45, 7) is 6.94. The van der Waals surface area contributed by atoms with Crippen LogP contribution in [0.3, 0.4) is 0 Å². The van der Waals surface area contributed by atoms with Gasteiger partial charge in [0.1, 0.15) is 5.60 Å². The van der Waals surface area contributed by atoms with Gasteiger partial charge in [-0.15, -0.1) is 0 Å². The van der Waals surface area contributed by atoms with Crippen LogP contribution in [-0.4, -0.2) is 46.1 Å². The van der Waals surface area contributed by atoms with Gasteiger partial charge >= 0.3 is 5.97 Å². The molecule has 0 bridgehead atoms. The number of esters is 1. The van der Waals surface area contributed by atoms with Crippen LogP contribution in [0.1, 0.15) is 53.4 Å². The monoisotopic (exact) mass is 416 g/mol. The number of fused-ring (bicyclic) bond motifs is 5. The maximum Gasteiger partial charge on any atom is 0.303 e. The summed E-state index contributed by atoms with van der Waals surface area (Å²) in [6, 6.07) is 0. The van der Waals surface area contributed by atoms with Gasteiger partial charge in [-0.25, -0.2) is 0 Å². The topological polar surface area (TPSA) is 101 Å². The van der Waals surface area contributed by atoms with Crippen molar-refractivity contribution >= 4 is 17.5 Å². The molecule has 0 heterocycles. The van der Waals surface area contributed by atoms with Gasteiger partial charge in [-0.3, -0.25) is 14.4 Å². The maximum atomic E-state index is 12.9. The average molecular weight is 417 g/mol. The third kappa shape index (κ3) is 2.79. The minimum atomic E-state index is -1.61. The molecule has 0 saturated heterocycles. The molecular formula is C24H32O6. The van der Waals surface area contributed by atoms with Crippen molar-refractivity contribution in [2.24, 2.45) is 34.5 Å². The second kappa shape index (κ2) is 6.86. The lowest BCUT2D eigenvalue weighted by Gasteiger charge is -2.60. The predicted molar refractivity (Wildman–Crippen MR) is 109 cm³/mol. The number of ether oxygens (including phenoxy) is 1. The van der Waals surface area contributed by atoms with Gasteiger partial charge in [-0.1, -0.05) is 32.4 Å². The van der Waals surface area contributed by atoms with Crippen LogP contribution in [0.25, 0.3) is 0 Å². The smallest absolute Gasteiger partial charge is 0.303 e. The minimum absolute atomic E-state index is 0.00535. The highest BCUT2D eigenvalue weighted by atomic mass is 16.5. The van der Waals surface area contributed by atoms with E-state index < -0.39 is 40.9 Å². The molecule has 4 aliphatic rings. The lowest BCUT2D eigenvalue weighted by Crippen LogP contribution is -2.62. The Labute approximate surface area is 177 Å². The molecule has 8 atom stereocenters. The van der Waals surface area contributed by atoms with Crippen LogP contribution in [0.4, 0.5) is 0 Å². The molecule has 0 amide bonds. The SMILES string of the molecule is CC(=O)OCC(=O)C1(O)CCC2C3C[C@H](C)C4=CC(=O)C=CC4(C)[C@H]3[C@@H](O)CC21C. The van der Waals surface area contributed by atoms with E-state index in [9.17, 15) is 24.6 Å². The van der Waals surface area contributed by atoms with Crippen molar-refractivity contribution in [3.8, 4) is 0 Å². The normalized spacial score (nSPS) is 47.1. The molecule has 0 aliphatic heterocycles. The van der Waals surface area contributed by atoms with Gasteiger partial charge in [0.25, 0.3) is 0 Å². The number of allylic oxidation sites excluding steroid dienone is 4. The number of carbonyl (C=O) groups excluding carboxylic acids is 3. The molecule has 0 spiro atoms. The first-order valence-electron chi connectivity index (χ1n) is 11.0. The summed E-state index contributed by atoms with van der Waals surface area (Å²) in [5.74, 6) is -0.712. The van der Waals surface area contributed by atoms with Crippen LogP contribution >= 0.6 is 0 Å². The third-order valence-corrected chi connectivity index (χ3v) is 8.84. The molecule has 3 saturated carbocycles. The fraction of sp³-hybridized carbons (Fsp3) is 0.708. The fourth-order valence-corrected chi connectivity index (χ4v) is 7.50. The number of rotatable bonds is 3. The fourth-order valence-electron chi connectivity index (χ4n) is 7.50. The summed E-state index contributed by atoms with van der Waals surface area (Å²) in [5.41, 5.74) is -1.72. The molecule has 0 aromatic heterocycles. The Bertz CT molecular complexity index is 858. The molecule has 164 valence electrons. The highest BCUT2D eigenvalue weighted by molar-refractivity contribution is 6.01. The summed E-state index contributed by atoms with van der Waals surface area (Å²) in [7, 11) is 0. The van der Waals surface area contributed by atoms with Crippen LogP contribution in [0.2, 0.25) is 0 Å². The molecule has 5 unspecified atom stereocenters. The maximum absolute atomic E-state index is 12.9. The summed E-state index contributed by atoms with van der Waals surface area (Å²) < 4.78 is 4.89. The number of ketones is 2. The first-order chi connectivity index (χ1) is 13.9. The molecule has 3 fully saturated rings. The Hall–Kier alpha value is -1.79. The van der Waals surface area contributed by atoms with Gasteiger partial charge in [-0.2, -0.15) is 0 Å². The Morgan fingerprint density at radius 1 is 1.30 bits per heavy atom. The quantitative estimate of drug-likeness (QED) is 0.685. The predicted octanol–water partition coefficient (Wildman–Crippen LogP) is 2.37. The van der Waals surface area contributed by atoms with Gasteiger partial charge in [0.05, 0.1) is 6.10 Å². The van der Waals surface area contributed by atoms with Crippen molar-refractivity contribution in [2.45, 2.75) is 65.1 Å². The summed E-state index contributed by atoms with van der Waals surface area (Å²) in [4.78, 5) is 36.1. The van der Waals surface area contributed by atoms with E-state index in [1.54, 1.807) is 12.2 Å². The van der Waals surface area contributed by atoms with E-state index in [-0.39, 0.29) is 29.5 Å². The molecule has 4 rings (SSSR count). The van der Waals surface area contributed by atoms with E-state index in [4.69, 9.17) is 4.74 Å². The van der Waals surface area contributed by atoms with E-state index in [0.29, 0.717) is 19.3 Å². The highest BCUT2D eigenvalue weighted by Gasteiger charge is 2.68. The Morgan fingerprint density at radius 3 is 2.67 bits per heavy atom. The summed E-state index contributed by atoms with van der Waals surface area (Å²) in [6.07, 6.45) is 6.71. The van der Waals surface area contributed by atoms with E-state index in [0.717, 1.165) is 12.0 Å². The average Bonchev–Trinajstić information content (AvgIpc) is 2.93. The molecule has 0 aromatic rings. The minimum Gasteiger partial charge on any atom is -0.458 e. The number of carbonyl (C=O) groups is 3. The van der Waals surface area contributed by atoms with Crippen LogP contribution in [0.5, 0.6) is 0 Å². The zero-order valence-electron chi connectivity index (χ0n) is 18.2. The van der Waals surface area contributed by atoms with E-state index in [1.807, 2.05) is 13.0 Å². The summed E-state index contributed by atoms with van der Waals surface area (Å²) >= 11 is 0. The zero-order valence-corrected chi connectivity index (χ0v) is 18.2. The van der Waals surface area contributed by atoms with Crippen LogP contribution in [0, 0.1) is 34.5 Å². The third-order valence-electron chi connectivity index (χ3n) is 8.84. The van der Waals surface area contributed by atoms with Crippen molar-refractivity contribution in [1.29, 1.82) is 0 Å². The van der Waals surface area contributed by atoms with Crippen molar-refractivity contribution in [2.75, 3.05) is 6.61 Å². The van der Waals surface area contributed by atoms with E-state index >= 15 is 0 Å². The molecular weight excluding hydrogens is 384 g/mol. The number of hydrogen-bond acceptors (Lipinski definition) is 6. The van der Waals surface area contributed by atoms with Crippen molar-refractivity contribution in [3.05, 3.63) is 23.8 Å². The van der Waals surface area contributed by atoms with Crippen LogP contribution < -0.4 is 0 Å². The molecule has 4 aliphatic carbocycles. The van der Waals surface area contributed by atoms with Gasteiger partial charge in [-0.05, 0) is 55.6 Å². The number of aliphatic hydroxyl groups excluding tert-OH is 1. The first kappa shape index (κ1) is 21.4. The molecule has 2 N–H and O–H groups in total. The Kier molecular flexibility index (Phi) is 4.90. The highest BCUT2D eigenvalue weighted by Crippen LogP contribution is 2.67. The van der Waals surface area contributed by atoms with Gasteiger partial charge in [0.2, 0.25) is 5.78 Å². The second-order valence-corrected chi connectivity index (χ2v) is 10.3. The van der Waals surface area contributed by atoms with Crippen molar-refractivity contribution < 1.29 is 29.3 Å². The van der Waals surface area contributed by atoms with Gasteiger partial charge < -0.3 is 14.9 Å². The largest absolute Gasteiger partial charge is 0.458 e. The van der Waals surface area contributed by atoms with Gasteiger partial charge in [0.15, 0.2) is 12.4 Å². The van der Waals surface area contributed by atoms with E-state index in [2.05, 4.69) is 13.8 Å². The van der Waals surface area contributed by atoms with E-state index in [1.165, 1.54) is 6.92 Å². The first-order valence-corrected chi connectivity index (χ1v) is 11.0. The lowest BCUT2D eigenvalue weighted by molar-refractivity contribution is -0.182. The number of aliphatic hydroxyl groups is 2. The molecule has 0 aromatic carbocycles. The summed E-state index contributed by atoms with van der Waals surface area (Å²) in [5, 5.41) is 22.9. The van der Waals surface area contributed by atoms with Gasteiger partial charge in [0, 0.05) is 23.7 Å². The molecule has 0 radical (unpaired) electrons. The second-order valence-electron chi connectivity index (χ2n) is 10.3. The molecule has 6 nitrogen and oxygen atoms in total. The zero-order chi connectivity index (χ0) is 22.1. The molecule has 30 heavy (non-hydrogen) atoms. The van der Waals surface area contributed by atoms with Crippen LogP contribution in [-0.2, 0) is 19.1 Å².